The summed E-state index contributed by atoms with van der Waals surface area (Å²) in [5.41, 5.74) is 10.2. The minimum atomic E-state index is 0.131. The number of nitrogens with two attached hydrogens (primary N) is 1. The summed E-state index contributed by atoms with van der Waals surface area (Å²) in [5, 5.41) is 2.52. The molecule has 3 nitrogen and oxygen atoms in total. The van der Waals surface area contributed by atoms with Crippen molar-refractivity contribution in [2.45, 2.75) is 83.8 Å². The van der Waals surface area contributed by atoms with Gasteiger partial charge in [-0.3, -0.25) is 0 Å². The lowest BCUT2D eigenvalue weighted by atomic mass is 9.70. The quantitative estimate of drug-likeness (QED) is 0.826. The fourth-order valence-corrected chi connectivity index (χ4v) is 4.11. The van der Waals surface area contributed by atoms with Crippen molar-refractivity contribution in [1.29, 1.82) is 0 Å². The molecule has 0 aromatic carbocycles. The highest BCUT2D eigenvalue weighted by Gasteiger charge is 2.42. The van der Waals surface area contributed by atoms with Crippen LogP contribution in [0.25, 0.3) is 0 Å². The molecule has 0 aromatic rings. The predicted molar refractivity (Wildman–Crippen MR) is 81.7 cm³/mol. The van der Waals surface area contributed by atoms with Gasteiger partial charge in [-0.2, -0.15) is 0 Å². The summed E-state index contributed by atoms with van der Waals surface area (Å²) < 4.78 is 0. The summed E-state index contributed by atoms with van der Waals surface area (Å²) in [6, 6.07) is 1.28. The number of hydrogen-bond acceptors (Lipinski definition) is 3. The number of hydrogen-bond donors (Lipinski definition) is 2. The normalized spacial score (nSPS) is 45.3. The van der Waals surface area contributed by atoms with E-state index in [4.69, 9.17) is 5.73 Å². The zero-order chi connectivity index (χ0) is 14.0. The number of nitrogens with one attached hydrogen (secondary N) is 1. The maximum absolute atomic E-state index is 6.19. The maximum Gasteiger partial charge on any atom is 0.0473 e. The van der Waals surface area contributed by atoms with Crippen molar-refractivity contribution in [2.75, 3.05) is 6.54 Å². The van der Waals surface area contributed by atoms with Gasteiger partial charge in [0.05, 0.1) is 0 Å². The second-order valence-electron chi connectivity index (χ2n) is 7.29. The largest absolute Gasteiger partial charge is 0.329 e. The van der Waals surface area contributed by atoms with Crippen LogP contribution in [0.4, 0.5) is 0 Å². The van der Waals surface area contributed by atoms with E-state index in [1.54, 1.807) is 0 Å². The molecule has 3 heteroatoms. The third-order valence-electron chi connectivity index (χ3n) is 5.69. The number of hydrazine groups is 1. The topological polar surface area (TPSA) is 41.3 Å². The van der Waals surface area contributed by atoms with Crippen LogP contribution in [0.1, 0.15) is 66.2 Å². The van der Waals surface area contributed by atoms with Gasteiger partial charge in [0.1, 0.15) is 0 Å². The van der Waals surface area contributed by atoms with Crippen LogP contribution in [0.5, 0.6) is 0 Å². The molecule has 1 aliphatic heterocycles. The number of piperidine rings is 1. The average molecular weight is 267 g/mol. The molecule has 0 bridgehead atoms. The highest BCUT2D eigenvalue weighted by molar-refractivity contribution is 4.98. The van der Waals surface area contributed by atoms with Gasteiger partial charge >= 0.3 is 0 Å². The predicted octanol–water partition coefficient (Wildman–Crippen LogP) is 2.91. The van der Waals surface area contributed by atoms with Crippen molar-refractivity contribution < 1.29 is 0 Å². The molecule has 1 saturated heterocycles. The van der Waals surface area contributed by atoms with Gasteiger partial charge in [-0.1, -0.05) is 20.3 Å². The Labute approximate surface area is 119 Å². The van der Waals surface area contributed by atoms with E-state index in [9.17, 15) is 0 Å². The minimum absolute atomic E-state index is 0.131. The molecule has 19 heavy (non-hydrogen) atoms. The molecule has 3 N–H and O–H groups in total. The second-order valence-corrected chi connectivity index (χ2v) is 7.29. The van der Waals surface area contributed by atoms with Crippen LogP contribution in [-0.2, 0) is 0 Å². The SMILES string of the molecule is CC1CCC(CN)(NN2C(C)CCCC2C)C(C)C1. The Kier molecular flexibility index (Phi) is 4.91. The molecule has 2 rings (SSSR count). The van der Waals surface area contributed by atoms with Crippen LogP contribution < -0.4 is 11.2 Å². The van der Waals surface area contributed by atoms with E-state index in [1.807, 2.05) is 0 Å². The fourth-order valence-electron chi connectivity index (χ4n) is 4.11. The van der Waals surface area contributed by atoms with Gasteiger partial charge in [-0.05, 0) is 57.8 Å². The molecule has 2 fully saturated rings. The zero-order valence-corrected chi connectivity index (χ0v) is 13.3. The minimum Gasteiger partial charge on any atom is -0.329 e. The molecule has 1 saturated carbocycles. The number of nitrogens with zero attached hydrogens (tertiary/aromatic N) is 1. The Morgan fingerprint density at radius 2 is 1.74 bits per heavy atom. The molecular formula is C16H33N3. The summed E-state index contributed by atoms with van der Waals surface area (Å²) in [4.78, 5) is 0. The van der Waals surface area contributed by atoms with Gasteiger partial charge < -0.3 is 5.73 Å². The second kappa shape index (κ2) is 6.11. The highest BCUT2D eigenvalue weighted by Crippen LogP contribution is 2.37. The molecule has 0 amide bonds. The Bertz CT molecular complexity index is 284. The van der Waals surface area contributed by atoms with Crippen LogP contribution in [0.3, 0.4) is 0 Å². The fraction of sp³-hybridized carbons (Fsp3) is 1.00. The summed E-state index contributed by atoms with van der Waals surface area (Å²) in [6.45, 7) is 10.2. The molecule has 112 valence electrons. The van der Waals surface area contributed by atoms with E-state index in [0.717, 1.165) is 12.5 Å². The van der Waals surface area contributed by atoms with Crippen molar-refractivity contribution in [2.24, 2.45) is 17.6 Å². The third kappa shape index (κ3) is 3.14. The maximum atomic E-state index is 6.19. The Hall–Kier alpha value is -0.120. The molecular weight excluding hydrogens is 234 g/mol. The molecule has 5 unspecified atom stereocenters. The van der Waals surface area contributed by atoms with Crippen LogP contribution in [0.15, 0.2) is 0 Å². The molecule has 1 heterocycles. The summed E-state index contributed by atoms with van der Waals surface area (Å²) in [7, 11) is 0. The van der Waals surface area contributed by atoms with Crippen molar-refractivity contribution >= 4 is 0 Å². The smallest absolute Gasteiger partial charge is 0.0473 e. The monoisotopic (exact) mass is 267 g/mol. The van der Waals surface area contributed by atoms with Crippen molar-refractivity contribution in [3.05, 3.63) is 0 Å². The lowest BCUT2D eigenvalue weighted by Gasteiger charge is -2.51. The lowest BCUT2D eigenvalue weighted by molar-refractivity contribution is -0.0324. The van der Waals surface area contributed by atoms with E-state index in [-0.39, 0.29) is 5.54 Å². The van der Waals surface area contributed by atoms with Crippen LogP contribution >= 0.6 is 0 Å². The van der Waals surface area contributed by atoms with Gasteiger partial charge in [0.2, 0.25) is 0 Å². The first kappa shape index (κ1) is 15.3. The van der Waals surface area contributed by atoms with E-state index in [2.05, 4.69) is 38.1 Å². The summed E-state index contributed by atoms with van der Waals surface area (Å²) in [6.07, 6.45) is 7.82. The van der Waals surface area contributed by atoms with Gasteiger partial charge in [0.25, 0.3) is 0 Å². The summed E-state index contributed by atoms with van der Waals surface area (Å²) in [5.74, 6) is 1.52. The Balaban J connectivity index is 2.09. The zero-order valence-electron chi connectivity index (χ0n) is 13.3. The van der Waals surface area contributed by atoms with E-state index < -0.39 is 0 Å². The van der Waals surface area contributed by atoms with E-state index >= 15 is 0 Å². The van der Waals surface area contributed by atoms with E-state index in [0.29, 0.717) is 18.0 Å². The standard InChI is InChI=1S/C16H33N3/c1-12-8-9-16(11-17,13(2)10-12)18-19-14(3)6-5-7-15(19)4/h12-15,18H,5-11,17H2,1-4H3. The van der Waals surface area contributed by atoms with Gasteiger partial charge in [0, 0.05) is 24.2 Å². The van der Waals surface area contributed by atoms with Crippen LogP contribution in [-0.4, -0.2) is 29.2 Å². The molecule has 0 spiro atoms. The Morgan fingerprint density at radius 3 is 2.26 bits per heavy atom. The van der Waals surface area contributed by atoms with Crippen molar-refractivity contribution in [1.82, 2.24) is 10.4 Å². The van der Waals surface area contributed by atoms with Crippen molar-refractivity contribution in [3.8, 4) is 0 Å². The van der Waals surface area contributed by atoms with Gasteiger partial charge in [-0.15, -0.1) is 0 Å². The number of rotatable bonds is 3. The molecule has 5 atom stereocenters. The highest BCUT2D eigenvalue weighted by atomic mass is 15.6. The van der Waals surface area contributed by atoms with Gasteiger partial charge in [-0.25, -0.2) is 10.4 Å². The van der Waals surface area contributed by atoms with Crippen molar-refractivity contribution in [3.63, 3.8) is 0 Å². The van der Waals surface area contributed by atoms with Gasteiger partial charge in [0.15, 0.2) is 0 Å². The molecule has 1 aliphatic carbocycles. The first-order valence-corrected chi connectivity index (χ1v) is 8.24. The van der Waals surface area contributed by atoms with E-state index in [1.165, 1.54) is 38.5 Å². The Morgan fingerprint density at radius 1 is 1.11 bits per heavy atom. The molecule has 2 aliphatic rings. The van der Waals surface area contributed by atoms with Crippen LogP contribution in [0.2, 0.25) is 0 Å². The third-order valence-corrected chi connectivity index (χ3v) is 5.69. The average Bonchev–Trinajstić information content (AvgIpc) is 2.37. The molecule has 0 aromatic heterocycles. The summed E-state index contributed by atoms with van der Waals surface area (Å²) >= 11 is 0. The first-order chi connectivity index (χ1) is 8.98. The lowest BCUT2D eigenvalue weighted by Crippen LogP contribution is -2.67. The molecule has 0 radical (unpaired) electrons. The first-order valence-electron chi connectivity index (χ1n) is 8.24. The van der Waals surface area contributed by atoms with Crippen LogP contribution in [0, 0.1) is 11.8 Å².